The summed E-state index contributed by atoms with van der Waals surface area (Å²) in [6.07, 6.45) is 2.24. The van der Waals surface area contributed by atoms with Gasteiger partial charge in [0.1, 0.15) is 22.8 Å². The van der Waals surface area contributed by atoms with Crippen molar-refractivity contribution in [3.05, 3.63) is 34.5 Å². The van der Waals surface area contributed by atoms with Crippen LogP contribution in [0, 0.1) is 0 Å². The summed E-state index contributed by atoms with van der Waals surface area (Å²) in [5.41, 5.74) is 5.78. The number of fused-ring (bicyclic) bond motifs is 1. The molecule has 176 valence electrons. The Morgan fingerprint density at radius 2 is 2.15 bits per heavy atom. The number of carbonyl (C=O) groups is 4. The second kappa shape index (κ2) is 10.0. The molecule has 14 heteroatoms. The highest BCUT2D eigenvalue weighted by Crippen LogP contribution is 2.41. The van der Waals surface area contributed by atoms with E-state index in [0.29, 0.717) is 11.3 Å². The van der Waals surface area contributed by atoms with Gasteiger partial charge in [-0.1, -0.05) is 17.3 Å². The molecular formula is C19H21N5O7S2. The zero-order chi connectivity index (χ0) is 24.3. The summed E-state index contributed by atoms with van der Waals surface area (Å²) in [5.74, 6) is -2.47. The molecule has 33 heavy (non-hydrogen) atoms. The number of carbonyl (C=O) groups excluding carboxylic acids is 4. The summed E-state index contributed by atoms with van der Waals surface area (Å²) < 4.78 is 10.0. The van der Waals surface area contributed by atoms with Crippen LogP contribution in [0.5, 0.6) is 0 Å². The Morgan fingerprint density at radius 1 is 1.42 bits per heavy atom. The Morgan fingerprint density at radius 3 is 2.73 bits per heavy atom. The second-order valence-corrected chi connectivity index (χ2v) is 8.83. The van der Waals surface area contributed by atoms with E-state index in [-0.39, 0.29) is 16.5 Å². The summed E-state index contributed by atoms with van der Waals surface area (Å²) >= 11 is 2.40. The van der Waals surface area contributed by atoms with Crippen molar-refractivity contribution in [2.45, 2.75) is 38.5 Å². The molecule has 0 aliphatic carbocycles. The number of rotatable bonds is 7. The van der Waals surface area contributed by atoms with Crippen LogP contribution in [0.4, 0.5) is 5.13 Å². The summed E-state index contributed by atoms with van der Waals surface area (Å²) in [6.45, 7) is 4.32. The van der Waals surface area contributed by atoms with E-state index < -0.39 is 47.2 Å². The highest BCUT2D eigenvalue weighted by Gasteiger charge is 2.54. The molecule has 3 atom stereocenters. The molecular weight excluding hydrogens is 474 g/mol. The summed E-state index contributed by atoms with van der Waals surface area (Å²) in [4.78, 5) is 54.6. The predicted molar refractivity (Wildman–Crippen MR) is 119 cm³/mol. The number of allylic oxidation sites excluding steroid dienone is 2. The lowest BCUT2D eigenvalue weighted by molar-refractivity contribution is -0.182. The fourth-order valence-corrected chi connectivity index (χ4v) is 5.11. The average molecular weight is 496 g/mol. The lowest BCUT2D eigenvalue weighted by Gasteiger charge is -2.49. The molecule has 1 unspecified atom stereocenters. The van der Waals surface area contributed by atoms with Gasteiger partial charge in [-0.3, -0.25) is 19.3 Å². The monoisotopic (exact) mass is 495 g/mol. The maximum absolute atomic E-state index is 12.9. The Hall–Kier alpha value is -3.39. The zero-order valence-electron chi connectivity index (χ0n) is 17.8. The Labute approximate surface area is 196 Å². The van der Waals surface area contributed by atoms with Crippen LogP contribution in [0.15, 0.2) is 34.0 Å². The number of nitrogens with zero attached hydrogens (tertiary/aromatic N) is 3. The number of nitrogen functional groups attached to an aromatic ring is 1. The predicted octanol–water partition coefficient (Wildman–Crippen LogP) is 0.586. The van der Waals surface area contributed by atoms with Crippen molar-refractivity contribution in [2.75, 3.05) is 11.5 Å². The van der Waals surface area contributed by atoms with Crippen LogP contribution in [-0.4, -0.2) is 68.0 Å². The maximum atomic E-state index is 12.9. The molecule has 1 fully saturated rings. The molecule has 2 aliphatic heterocycles. The van der Waals surface area contributed by atoms with Crippen molar-refractivity contribution in [2.24, 2.45) is 5.16 Å². The van der Waals surface area contributed by atoms with Crippen LogP contribution in [-0.2, 0) is 28.7 Å². The quantitative estimate of drug-likeness (QED) is 0.121. The number of oxime groups is 1. The molecule has 0 spiro atoms. The summed E-state index contributed by atoms with van der Waals surface area (Å²) in [7, 11) is 0. The molecule has 0 saturated carbocycles. The van der Waals surface area contributed by atoms with Gasteiger partial charge in [0, 0.05) is 25.0 Å². The number of nitrogens with two attached hydrogens (primary N) is 1. The fourth-order valence-electron chi connectivity index (χ4n) is 3.24. The van der Waals surface area contributed by atoms with E-state index in [1.165, 1.54) is 35.9 Å². The van der Waals surface area contributed by atoms with Gasteiger partial charge in [-0.05, 0) is 12.5 Å². The minimum absolute atomic E-state index is 0.00896. The van der Waals surface area contributed by atoms with Gasteiger partial charge in [0.05, 0.1) is 0 Å². The first-order valence-electron chi connectivity index (χ1n) is 9.60. The van der Waals surface area contributed by atoms with E-state index in [1.807, 2.05) is 0 Å². The van der Waals surface area contributed by atoms with Crippen molar-refractivity contribution in [1.29, 1.82) is 0 Å². The zero-order valence-corrected chi connectivity index (χ0v) is 19.4. The van der Waals surface area contributed by atoms with Gasteiger partial charge in [-0.25, -0.2) is 9.78 Å². The molecule has 2 amide bonds. The number of nitrogens with one attached hydrogen (secondary N) is 1. The summed E-state index contributed by atoms with van der Waals surface area (Å²) in [5, 5.41) is 15.8. The van der Waals surface area contributed by atoms with E-state index in [2.05, 4.69) is 15.5 Å². The first-order valence-corrected chi connectivity index (χ1v) is 11.5. The Kier molecular flexibility index (Phi) is 7.38. The molecule has 1 aromatic rings. The third-order valence-electron chi connectivity index (χ3n) is 4.53. The lowest BCUT2D eigenvalue weighted by atomic mass is 10.0. The number of ether oxygens (including phenoxy) is 2. The number of thiazole rings is 1. The van der Waals surface area contributed by atoms with E-state index in [9.17, 15) is 24.4 Å². The first kappa shape index (κ1) is 24.3. The van der Waals surface area contributed by atoms with Crippen LogP contribution in [0.1, 0.15) is 26.5 Å². The molecule has 0 bridgehead atoms. The lowest BCUT2D eigenvalue weighted by Crippen LogP contribution is -2.71. The van der Waals surface area contributed by atoms with Crippen molar-refractivity contribution in [1.82, 2.24) is 15.2 Å². The van der Waals surface area contributed by atoms with Gasteiger partial charge < -0.3 is 25.7 Å². The smallest absolute Gasteiger partial charge is 0.358 e. The SMILES string of the molecule is C/C=C\C1=C(C(=O)OC(C)OC(C)=O)N2C(=O)[C@@H](NC(=O)/C(=N\O)c3csc(N)n3)[C@H]2SC1. The maximum Gasteiger partial charge on any atom is 0.358 e. The highest BCUT2D eigenvalue weighted by molar-refractivity contribution is 8.00. The largest absolute Gasteiger partial charge is 0.426 e. The average Bonchev–Trinajstić information content (AvgIpc) is 3.17. The van der Waals surface area contributed by atoms with E-state index >= 15 is 0 Å². The van der Waals surface area contributed by atoms with Crippen molar-refractivity contribution < 1.29 is 33.9 Å². The third kappa shape index (κ3) is 5.01. The first-order chi connectivity index (χ1) is 15.7. The second-order valence-electron chi connectivity index (χ2n) is 6.84. The van der Waals surface area contributed by atoms with E-state index in [1.54, 1.807) is 19.1 Å². The van der Waals surface area contributed by atoms with Crippen LogP contribution in [0.3, 0.4) is 0 Å². The molecule has 1 saturated heterocycles. The van der Waals surface area contributed by atoms with Crippen LogP contribution < -0.4 is 11.1 Å². The van der Waals surface area contributed by atoms with Gasteiger partial charge in [0.25, 0.3) is 11.8 Å². The van der Waals surface area contributed by atoms with Crippen molar-refractivity contribution in [3.63, 3.8) is 0 Å². The topological polar surface area (TPSA) is 174 Å². The number of β-lactam (4-membered cyclic amide) rings is 1. The van der Waals surface area contributed by atoms with Gasteiger partial charge in [-0.2, -0.15) is 0 Å². The molecule has 12 nitrogen and oxygen atoms in total. The molecule has 4 N–H and O–H groups in total. The van der Waals surface area contributed by atoms with Crippen LogP contribution >= 0.6 is 23.1 Å². The number of hydrogen-bond donors (Lipinski definition) is 3. The normalized spacial score (nSPS) is 21.4. The number of esters is 2. The third-order valence-corrected chi connectivity index (χ3v) is 6.51. The van der Waals surface area contributed by atoms with Crippen LogP contribution in [0.25, 0.3) is 0 Å². The number of aromatic nitrogens is 1. The number of anilines is 1. The minimum atomic E-state index is -1.15. The molecule has 3 heterocycles. The fraction of sp³-hybridized carbons (Fsp3) is 0.368. The van der Waals surface area contributed by atoms with Crippen molar-refractivity contribution in [3.8, 4) is 0 Å². The molecule has 2 aliphatic rings. The van der Waals surface area contributed by atoms with Gasteiger partial charge in [0.15, 0.2) is 10.8 Å². The van der Waals surface area contributed by atoms with Crippen LogP contribution in [0.2, 0.25) is 0 Å². The number of amides is 2. The van der Waals surface area contributed by atoms with E-state index in [4.69, 9.17) is 15.2 Å². The molecule has 3 rings (SSSR count). The molecule has 0 aromatic carbocycles. The standard InChI is InChI=1S/C19H21N5O7S2/c1-4-5-10-6-32-17-13(22-15(26)12(23-29)11-7-33-19(20)21-11)16(27)24(17)14(10)18(28)31-9(3)30-8(2)25/h4-5,7,9,13,17,29H,6H2,1-3H3,(H2,20,21)(H,22,26)/b5-4-,23-12-/t9?,13-,17-/m1/s1. The van der Waals surface area contributed by atoms with E-state index in [0.717, 1.165) is 11.3 Å². The molecule has 1 aromatic heterocycles. The Balaban J connectivity index is 1.78. The highest BCUT2D eigenvalue weighted by atomic mass is 32.2. The summed E-state index contributed by atoms with van der Waals surface area (Å²) in [6, 6.07) is -0.976. The van der Waals surface area contributed by atoms with Gasteiger partial charge >= 0.3 is 11.9 Å². The van der Waals surface area contributed by atoms with Crippen molar-refractivity contribution >= 4 is 57.7 Å². The number of thioether (sulfide) groups is 1. The number of hydrogen-bond acceptors (Lipinski definition) is 12. The Bertz CT molecular complexity index is 1080. The molecule has 0 radical (unpaired) electrons. The van der Waals surface area contributed by atoms with Gasteiger partial charge in [-0.15, -0.1) is 23.1 Å². The minimum Gasteiger partial charge on any atom is -0.426 e. The van der Waals surface area contributed by atoms with Gasteiger partial charge in [0.2, 0.25) is 6.29 Å².